The van der Waals surface area contributed by atoms with Crippen LogP contribution in [0.25, 0.3) is 22.2 Å². The van der Waals surface area contributed by atoms with E-state index in [1.54, 1.807) is 29.8 Å². The van der Waals surface area contributed by atoms with E-state index in [1.165, 1.54) is 12.1 Å². The Morgan fingerprint density at radius 1 is 1.07 bits per heavy atom. The summed E-state index contributed by atoms with van der Waals surface area (Å²) in [4.78, 5) is 14.0. The summed E-state index contributed by atoms with van der Waals surface area (Å²) in [6.07, 6.45) is 0.752. The molecule has 2 bridgehead atoms. The maximum absolute atomic E-state index is 13.1. The van der Waals surface area contributed by atoms with E-state index >= 15 is 0 Å². The number of hydrogen-bond acceptors (Lipinski definition) is 6. The second-order valence-corrected chi connectivity index (χ2v) is 11.5. The summed E-state index contributed by atoms with van der Waals surface area (Å²) < 4.78 is 57.5. The average molecular weight is 582 g/mol. The third-order valence-corrected chi connectivity index (χ3v) is 8.83. The van der Waals surface area contributed by atoms with Gasteiger partial charge in [0.2, 0.25) is 0 Å². The molecule has 0 amide bonds. The maximum atomic E-state index is 13.1. The van der Waals surface area contributed by atoms with Gasteiger partial charge in [-0.1, -0.05) is 17.3 Å². The third-order valence-electron chi connectivity index (χ3n) is 8.83. The molecule has 2 saturated heterocycles. The van der Waals surface area contributed by atoms with Gasteiger partial charge < -0.3 is 28.6 Å². The average Bonchev–Trinajstić information content (AvgIpc) is 3.54. The van der Waals surface area contributed by atoms with E-state index in [0.29, 0.717) is 17.0 Å². The van der Waals surface area contributed by atoms with Gasteiger partial charge in [0.15, 0.2) is 0 Å². The molecule has 4 heterocycles. The van der Waals surface area contributed by atoms with E-state index in [0.717, 1.165) is 55.1 Å². The lowest BCUT2D eigenvalue weighted by molar-refractivity contribution is -0.274. The van der Waals surface area contributed by atoms with Crippen LogP contribution in [-0.4, -0.2) is 45.3 Å². The molecule has 220 valence electrons. The van der Waals surface area contributed by atoms with E-state index in [2.05, 4.69) is 26.9 Å². The van der Waals surface area contributed by atoms with Crippen molar-refractivity contribution < 1.29 is 37.1 Å². The van der Waals surface area contributed by atoms with E-state index < -0.39 is 12.3 Å². The number of aryl methyl sites for hydroxylation is 1. The van der Waals surface area contributed by atoms with Gasteiger partial charge in [0, 0.05) is 52.8 Å². The summed E-state index contributed by atoms with van der Waals surface area (Å²) >= 11 is 0. The van der Waals surface area contributed by atoms with Crippen molar-refractivity contribution in [1.29, 1.82) is 0 Å². The van der Waals surface area contributed by atoms with Crippen molar-refractivity contribution in [2.75, 3.05) is 4.90 Å². The normalized spacial score (nSPS) is 22.2. The zero-order valence-corrected chi connectivity index (χ0v) is 22.9. The van der Waals surface area contributed by atoms with E-state index in [9.17, 15) is 23.1 Å². The molecule has 42 heavy (non-hydrogen) atoms. The number of aromatic carboxylic acids is 1. The number of aromatic nitrogens is 2. The number of hydrogen-bond donors (Lipinski definition) is 1. The number of benzene rings is 2. The van der Waals surface area contributed by atoms with Crippen LogP contribution in [0.3, 0.4) is 0 Å². The number of rotatable bonds is 8. The lowest BCUT2D eigenvalue weighted by Gasteiger charge is -2.40. The first kappa shape index (κ1) is 26.9. The quantitative estimate of drug-likeness (QED) is 0.239. The standard InChI is InChI=1S/C31H30F3N3O5/c1-36-25-11-10-19(12-18(25)13-26(36)30(38)39)37-20-8-9-21(37)15-22(14-20)40-16-24-28(35-42-29(24)17-6-7-17)23-4-2-3-5-27(23)41-31(32,33)34/h2-5,10-13,17,20-22H,6-9,14-16H2,1H3,(H,38,39)/t20-,21?,22?/m0/s1. The van der Waals surface area contributed by atoms with E-state index in [4.69, 9.17) is 9.26 Å². The molecule has 2 unspecified atom stereocenters. The largest absolute Gasteiger partial charge is 0.573 e. The summed E-state index contributed by atoms with van der Waals surface area (Å²) in [6, 6.07) is 14.4. The number of carboxylic acids is 1. The summed E-state index contributed by atoms with van der Waals surface area (Å²) in [6.45, 7) is 0.197. The maximum Gasteiger partial charge on any atom is 0.573 e. The summed E-state index contributed by atoms with van der Waals surface area (Å²) in [5.74, 6) is -0.387. The van der Waals surface area contributed by atoms with Crippen LogP contribution in [0.15, 0.2) is 53.1 Å². The van der Waals surface area contributed by atoms with Crippen molar-refractivity contribution in [3.63, 3.8) is 0 Å². The molecule has 2 aromatic carbocycles. The molecule has 7 rings (SSSR count). The molecule has 0 radical (unpaired) electrons. The van der Waals surface area contributed by atoms with Gasteiger partial charge in [0.25, 0.3) is 0 Å². The fourth-order valence-electron chi connectivity index (χ4n) is 6.80. The Balaban J connectivity index is 1.10. The minimum atomic E-state index is -4.83. The lowest BCUT2D eigenvalue weighted by Crippen LogP contribution is -2.45. The third kappa shape index (κ3) is 4.89. The van der Waals surface area contributed by atoms with Crippen LogP contribution in [0.4, 0.5) is 18.9 Å². The SMILES string of the molecule is Cn1c(C(=O)O)cc2cc(N3C4CC[C@H]3CC(OCc3c(-c5ccccc5OC(F)(F)F)noc3C3CC3)C4)ccc21. The molecule has 3 fully saturated rings. The van der Waals surface area contributed by atoms with Crippen molar-refractivity contribution in [3.05, 3.63) is 65.5 Å². The van der Waals surface area contributed by atoms with Gasteiger partial charge in [0.05, 0.1) is 12.7 Å². The number of para-hydroxylation sites is 1. The zero-order valence-electron chi connectivity index (χ0n) is 22.9. The van der Waals surface area contributed by atoms with E-state index in [1.807, 2.05) is 6.07 Å². The summed E-state index contributed by atoms with van der Waals surface area (Å²) in [5, 5.41) is 14.6. The Morgan fingerprint density at radius 2 is 1.81 bits per heavy atom. The van der Waals surface area contributed by atoms with Crippen molar-refractivity contribution in [2.45, 2.75) is 75.6 Å². The van der Waals surface area contributed by atoms with E-state index in [-0.39, 0.29) is 47.7 Å². The van der Waals surface area contributed by atoms with Gasteiger partial charge in [-0.2, -0.15) is 0 Å². The van der Waals surface area contributed by atoms with Crippen LogP contribution >= 0.6 is 0 Å². The van der Waals surface area contributed by atoms with Crippen LogP contribution in [0.2, 0.25) is 0 Å². The molecule has 11 heteroatoms. The molecule has 0 spiro atoms. The number of anilines is 1. The summed E-state index contributed by atoms with van der Waals surface area (Å²) in [5.41, 5.74) is 3.45. The summed E-state index contributed by atoms with van der Waals surface area (Å²) in [7, 11) is 1.76. The second kappa shape index (κ2) is 10.1. The fraction of sp³-hybridized carbons (Fsp3) is 0.419. The Hall–Kier alpha value is -3.99. The van der Waals surface area contributed by atoms with Crippen LogP contribution in [0.1, 0.15) is 66.3 Å². The smallest absolute Gasteiger partial charge is 0.477 e. The molecule has 1 saturated carbocycles. The minimum absolute atomic E-state index is 0.0192. The molecule has 2 aromatic heterocycles. The highest BCUT2D eigenvalue weighted by Gasteiger charge is 2.42. The first-order chi connectivity index (χ1) is 20.2. The highest BCUT2D eigenvalue weighted by molar-refractivity contribution is 5.95. The minimum Gasteiger partial charge on any atom is -0.477 e. The molecule has 2 aliphatic heterocycles. The highest BCUT2D eigenvalue weighted by Crippen LogP contribution is 2.46. The van der Waals surface area contributed by atoms with Gasteiger partial charge in [-0.05, 0) is 74.9 Å². The molecule has 3 aliphatic rings. The Bertz CT molecular complexity index is 1640. The van der Waals surface area contributed by atoms with Crippen molar-refractivity contribution >= 4 is 22.6 Å². The second-order valence-electron chi connectivity index (χ2n) is 11.5. The molecular formula is C31H30F3N3O5. The van der Waals surface area contributed by atoms with Crippen LogP contribution in [-0.2, 0) is 18.4 Å². The Kier molecular flexibility index (Phi) is 6.45. The van der Waals surface area contributed by atoms with Crippen LogP contribution in [0, 0.1) is 0 Å². The lowest BCUT2D eigenvalue weighted by atomic mass is 9.98. The molecule has 1 aliphatic carbocycles. The number of nitrogens with zero attached hydrogens (tertiary/aromatic N) is 3. The number of halogens is 3. The molecule has 4 aromatic rings. The van der Waals surface area contributed by atoms with Crippen LogP contribution in [0.5, 0.6) is 5.75 Å². The predicted molar refractivity (Wildman–Crippen MR) is 148 cm³/mol. The Labute approximate surface area is 239 Å². The van der Waals surface area contributed by atoms with Crippen molar-refractivity contribution in [1.82, 2.24) is 9.72 Å². The number of alkyl halides is 3. The van der Waals surface area contributed by atoms with Gasteiger partial charge in [0.1, 0.15) is 22.9 Å². The zero-order chi connectivity index (χ0) is 29.2. The fourth-order valence-corrected chi connectivity index (χ4v) is 6.80. The van der Waals surface area contributed by atoms with Gasteiger partial charge >= 0.3 is 12.3 Å². The first-order valence-electron chi connectivity index (χ1n) is 14.2. The van der Waals surface area contributed by atoms with Gasteiger partial charge in [-0.3, -0.25) is 0 Å². The topological polar surface area (TPSA) is 90.0 Å². The number of fused-ring (bicyclic) bond motifs is 3. The van der Waals surface area contributed by atoms with Gasteiger partial charge in [-0.25, -0.2) is 4.79 Å². The predicted octanol–water partition coefficient (Wildman–Crippen LogP) is 7.02. The van der Waals surface area contributed by atoms with Crippen molar-refractivity contribution in [3.8, 4) is 17.0 Å². The van der Waals surface area contributed by atoms with Crippen LogP contribution < -0.4 is 9.64 Å². The van der Waals surface area contributed by atoms with Gasteiger partial charge in [-0.15, -0.1) is 13.2 Å². The number of carboxylic acid groups (broad SMARTS) is 1. The highest BCUT2D eigenvalue weighted by atomic mass is 19.4. The molecular weight excluding hydrogens is 551 g/mol. The number of piperidine rings is 1. The molecule has 1 N–H and O–H groups in total. The molecule has 3 atom stereocenters. The van der Waals surface area contributed by atoms with Crippen molar-refractivity contribution in [2.24, 2.45) is 7.05 Å². The molecule has 8 nitrogen and oxygen atoms in total. The number of ether oxygens (including phenoxy) is 2. The first-order valence-corrected chi connectivity index (χ1v) is 14.2. The number of carbonyl (C=O) groups is 1. The Morgan fingerprint density at radius 3 is 2.50 bits per heavy atom. The monoisotopic (exact) mass is 581 g/mol.